The van der Waals surface area contributed by atoms with Gasteiger partial charge in [-0.2, -0.15) is 0 Å². The van der Waals surface area contributed by atoms with Crippen LogP contribution in [0.15, 0.2) is 30.3 Å². The molecule has 3 aromatic rings. The maximum Gasteiger partial charge on any atom is 0.339 e. The van der Waals surface area contributed by atoms with E-state index in [0.29, 0.717) is 50.5 Å². The number of fused-ring (bicyclic) bond motifs is 3. The topological polar surface area (TPSA) is 152 Å². The lowest BCUT2D eigenvalue weighted by atomic mass is 9.89. The van der Waals surface area contributed by atoms with Crippen molar-refractivity contribution in [3.63, 3.8) is 0 Å². The van der Waals surface area contributed by atoms with Crippen LogP contribution >= 0.6 is 0 Å². The lowest BCUT2D eigenvalue weighted by Gasteiger charge is -2.40. The third-order valence-corrected chi connectivity index (χ3v) is 7.31. The number of carbonyl (C=O) groups excluding carboxylic acids is 1. The molecule has 0 amide bonds. The smallest absolute Gasteiger partial charge is 0.339 e. The molecule has 0 unspecified atom stereocenters. The second-order valence-electron chi connectivity index (χ2n) is 9.54. The number of esters is 1. The van der Waals surface area contributed by atoms with Gasteiger partial charge in [-0.15, -0.1) is 0 Å². The van der Waals surface area contributed by atoms with Gasteiger partial charge in [0.2, 0.25) is 13.1 Å². The molecule has 5 atom stereocenters. The predicted molar refractivity (Wildman–Crippen MR) is 137 cm³/mol. The van der Waals surface area contributed by atoms with Crippen LogP contribution in [-0.4, -0.2) is 86.7 Å². The van der Waals surface area contributed by atoms with E-state index in [4.69, 9.17) is 37.9 Å². The van der Waals surface area contributed by atoms with Crippen molar-refractivity contribution < 1.29 is 58.0 Å². The largest absolute Gasteiger partial charge is 0.493 e. The predicted octanol–water partition coefficient (Wildman–Crippen LogP) is 1.76. The van der Waals surface area contributed by atoms with Gasteiger partial charge >= 0.3 is 5.97 Å². The fourth-order valence-corrected chi connectivity index (χ4v) is 5.33. The summed E-state index contributed by atoms with van der Waals surface area (Å²) in [6.07, 6.45) is -6.97. The maximum absolute atomic E-state index is 13.2. The molecule has 3 aliphatic rings. The first-order chi connectivity index (χ1) is 19.4. The number of aliphatic hydroxyl groups is 3. The maximum atomic E-state index is 13.2. The number of hydrogen-bond acceptors (Lipinski definition) is 12. The van der Waals surface area contributed by atoms with Gasteiger partial charge in [0.05, 0.1) is 26.4 Å². The molecule has 1 saturated heterocycles. The summed E-state index contributed by atoms with van der Waals surface area (Å²) in [7, 11) is 4.41. The number of cyclic esters (lactones) is 1. The van der Waals surface area contributed by atoms with Gasteiger partial charge in [0.15, 0.2) is 23.0 Å². The minimum absolute atomic E-state index is 0.0562. The fourth-order valence-electron chi connectivity index (χ4n) is 5.33. The Bertz CT molecular complexity index is 1470. The van der Waals surface area contributed by atoms with Gasteiger partial charge in [-0.3, -0.25) is 0 Å². The first kappa shape index (κ1) is 26.4. The molecular formula is C28H28O12. The average Bonchev–Trinajstić information content (AvgIpc) is 3.59. The summed E-state index contributed by atoms with van der Waals surface area (Å²) in [5.41, 5.74) is 1.89. The third-order valence-electron chi connectivity index (χ3n) is 7.31. The average molecular weight is 557 g/mol. The number of hydrogen-bond donors (Lipinski definition) is 3. The minimum atomic E-state index is -1.61. The van der Waals surface area contributed by atoms with Crippen molar-refractivity contribution in [3.8, 4) is 39.9 Å². The number of ether oxygens (including phenoxy) is 8. The molecule has 6 rings (SSSR count). The van der Waals surface area contributed by atoms with Crippen LogP contribution in [0.4, 0.5) is 0 Å². The van der Waals surface area contributed by atoms with Gasteiger partial charge in [-0.25, -0.2) is 4.79 Å². The Labute approximate surface area is 228 Å². The summed E-state index contributed by atoms with van der Waals surface area (Å²) < 4.78 is 44.8. The molecule has 3 N–H and O–H groups in total. The molecule has 3 heterocycles. The van der Waals surface area contributed by atoms with Gasteiger partial charge in [0, 0.05) is 23.6 Å². The summed E-state index contributed by atoms with van der Waals surface area (Å²) in [6.45, 7) is -0.0774. The summed E-state index contributed by atoms with van der Waals surface area (Å²) in [6, 6.07) is 8.76. The first-order valence-electron chi connectivity index (χ1n) is 12.5. The first-order valence-corrected chi connectivity index (χ1v) is 12.5. The Kier molecular flexibility index (Phi) is 6.80. The van der Waals surface area contributed by atoms with Crippen molar-refractivity contribution in [3.05, 3.63) is 41.5 Å². The molecule has 12 heteroatoms. The summed E-state index contributed by atoms with van der Waals surface area (Å²) in [4.78, 5) is 13.2. The Morgan fingerprint density at radius 2 is 1.57 bits per heavy atom. The van der Waals surface area contributed by atoms with Crippen molar-refractivity contribution in [2.45, 2.75) is 37.3 Å². The Morgan fingerprint density at radius 1 is 0.850 bits per heavy atom. The van der Waals surface area contributed by atoms with Crippen molar-refractivity contribution >= 4 is 16.7 Å². The van der Waals surface area contributed by atoms with E-state index in [-0.39, 0.29) is 31.3 Å². The highest BCUT2D eigenvalue weighted by Crippen LogP contribution is 2.49. The van der Waals surface area contributed by atoms with Crippen molar-refractivity contribution in [2.24, 2.45) is 0 Å². The highest BCUT2D eigenvalue weighted by molar-refractivity contribution is 6.14. The van der Waals surface area contributed by atoms with Crippen molar-refractivity contribution in [2.75, 3.05) is 34.7 Å². The van der Waals surface area contributed by atoms with Crippen LogP contribution in [0.1, 0.15) is 15.9 Å². The van der Waals surface area contributed by atoms with Gasteiger partial charge in [0.1, 0.15) is 36.8 Å². The van der Waals surface area contributed by atoms with E-state index in [1.54, 1.807) is 24.3 Å². The monoisotopic (exact) mass is 556 g/mol. The lowest BCUT2D eigenvalue weighted by molar-refractivity contribution is -0.278. The molecule has 1 fully saturated rings. The van der Waals surface area contributed by atoms with E-state index < -0.39 is 36.7 Å². The second-order valence-corrected chi connectivity index (χ2v) is 9.54. The normalized spacial score (nSPS) is 25.1. The van der Waals surface area contributed by atoms with Crippen LogP contribution in [-0.2, 0) is 20.8 Å². The molecule has 0 radical (unpaired) electrons. The number of benzene rings is 3. The number of methoxy groups -OCH3 is 3. The summed E-state index contributed by atoms with van der Waals surface area (Å²) in [5.74, 6) is 1.52. The Hall–Kier alpha value is -3.81. The molecule has 40 heavy (non-hydrogen) atoms. The zero-order chi connectivity index (χ0) is 28.1. The molecule has 3 aromatic carbocycles. The third kappa shape index (κ3) is 4.16. The van der Waals surface area contributed by atoms with E-state index in [1.165, 1.54) is 21.3 Å². The molecule has 0 bridgehead atoms. The summed E-state index contributed by atoms with van der Waals surface area (Å²) in [5, 5.41) is 32.7. The van der Waals surface area contributed by atoms with E-state index >= 15 is 0 Å². The molecular weight excluding hydrogens is 528 g/mol. The van der Waals surface area contributed by atoms with E-state index in [2.05, 4.69) is 0 Å². The van der Waals surface area contributed by atoms with Crippen LogP contribution in [0.3, 0.4) is 0 Å². The SMILES string of the molecule is COC[C@H]1O[C@@H](Oc2c3c(c(-c4ccc5c(c4)OCO5)c4cc(OC)c(OC)cc24)C(=O)OC3)[C@H](O)[C@@H](O)[C@@H]1O. The zero-order valence-corrected chi connectivity index (χ0v) is 21.9. The molecule has 12 nitrogen and oxygen atoms in total. The van der Waals surface area contributed by atoms with Crippen LogP contribution in [0, 0.1) is 0 Å². The lowest BCUT2D eigenvalue weighted by Crippen LogP contribution is -2.60. The van der Waals surface area contributed by atoms with Crippen LogP contribution in [0.25, 0.3) is 21.9 Å². The number of rotatable bonds is 7. The van der Waals surface area contributed by atoms with Crippen LogP contribution < -0.4 is 23.7 Å². The number of carbonyl (C=O) groups is 1. The second kappa shape index (κ2) is 10.3. The van der Waals surface area contributed by atoms with Crippen LogP contribution in [0.5, 0.6) is 28.7 Å². The standard InChI is InChI=1S/C28H28O12/c1-33-10-20-23(29)24(30)25(31)28(39-20)40-26-14-8-18(35-3)17(34-2)7-13(14)21(22-15(26)9-36-27(22)32)12-4-5-16-19(6-12)38-11-37-16/h4-8,20,23-25,28-31H,9-11H2,1-3H3/t20-,23-,24+,25-,28+/m1/s1. The fraction of sp³-hybridized carbons (Fsp3) is 0.393. The molecule has 212 valence electrons. The Balaban J connectivity index is 1.57. The Morgan fingerprint density at radius 3 is 2.30 bits per heavy atom. The van der Waals surface area contributed by atoms with Gasteiger partial charge in [0.25, 0.3) is 0 Å². The van der Waals surface area contributed by atoms with Crippen molar-refractivity contribution in [1.29, 1.82) is 0 Å². The highest BCUT2D eigenvalue weighted by atomic mass is 16.7. The van der Waals surface area contributed by atoms with E-state index in [1.807, 2.05) is 6.07 Å². The minimum Gasteiger partial charge on any atom is -0.493 e. The molecule has 0 aliphatic carbocycles. The molecule has 0 saturated carbocycles. The highest BCUT2D eigenvalue weighted by Gasteiger charge is 2.46. The van der Waals surface area contributed by atoms with E-state index in [0.717, 1.165) is 0 Å². The molecule has 0 aromatic heterocycles. The quantitative estimate of drug-likeness (QED) is 0.364. The molecule has 3 aliphatic heterocycles. The molecule has 0 spiro atoms. The van der Waals surface area contributed by atoms with E-state index in [9.17, 15) is 20.1 Å². The van der Waals surface area contributed by atoms with Gasteiger partial charge < -0.3 is 53.2 Å². The number of aliphatic hydroxyl groups excluding tert-OH is 3. The summed E-state index contributed by atoms with van der Waals surface area (Å²) >= 11 is 0. The van der Waals surface area contributed by atoms with Gasteiger partial charge in [-0.1, -0.05) is 6.07 Å². The van der Waals surface area contributed by atoms with Crippen LogP contribution in [0.2, 0.25) is 0 Å². The van der Waals surface area contributed by atoms with Gasteiger partial charge in [-0.05, 0) is 35.2 Å². The zero-order valence-electron chi connectivity index (χ0n) is 21.9. The van der Waals surface area contributed by atoms with Crippen molar-refractivity contribution in [1.82, 2.24) is 0 Å².